The summed E-state index contributed by atoms with van der Waals surface area (Å²) in [6, 6.07) is 11.2. The third-order valence-corrected chi connectivity index (χ3v) is 7.35. The Morgan fingerprint density at radius 3 is 2.33 bits per heavy atom. The minimum absolute atomic E-state index is 0.0233. The second-order valence-electron chi connectivity index (χ2n) is 7.87. The lowest BCUT2D eigenvalue weighted by Gasteiger charge is -2.34. The summed E-state index contributed by atoms with van der Waals surface area (Å²) in [4.78, 5) is 25.3. The maximum absolute atomic E-state index is 13.2. The third-order valence-electron chi connectivity index (χ3n) is 5.64. The SMILES string of the molecule is Cc1ccc(NS(=O)(=O)c2ccc(Cl)c(C(=O)N3CCN(c4ncccn4)CC3)c2)cc1C. The molecule has 1 N–H and O–H groups in total. The molecule has 3 aromatic rings. The number of carbonyl (C=O) groups is 1. The standard InChI is InChI=1S/C23H24ClN5O3S/c1-16-4-5-18(14-17(16)2)27-33(31,32)19-6-7-21(24)20(15-19)22(30)28-10-12-29(13-11-28)23-25-8-3-9-26-23/h3-9,14-15,27H,10-13H2,1-2H3. The maximum Gasteiger partial charge on any atom is 0.261 e. The summed E-state index contributed by atoms with van der Waals surface area (Å²) in [6.45, 7) is 5.91. The van der Waals surface area contributed by atoms with Gasteiger partial charge in [0.1, 0.15) is 0 Å². The number of amides is 1. The molecule has 1 amide bonds. The second kappa shape index (κ2) is 9.36. The average molecular weight is 486 g/mol. The fraction of sp³-hybridized carbons (Fsp3) is 0.261. The molecule has 0 saturated carbocycles. The van der Waals surface area contributed by atoms with Crippen LogP contribution in [-0.4, -0.2) is 55.4 Å². The van der Waals surface area contributed by atoms with Gasteiger partial charge in [-0.05, 0) is 61.4 Å². The van der Waals surface area contributed by atoms with E-state index in [0.29, 0.717) is 37.8 Å². The van der Waals surface area contributed by atoms with Gasteiger partial charge < -0.3 is 9.80 Å². The Kier molecular flexibility index (Phi) is 6.53. The van der Waals surface area contributed by atoms with E-state index in [4.69, 9.17) is 11.6 Å². The normalized spacial score (nSPS) is 14.3. The molecule has 8 nitrogen and oxygen atoms in total. The molecule has 33 heavy (non-hydrogen) atoms. The van der Waals surface area contributed by atoms with Crippen LogP contribution in [0, 0.1) is 13.8 Å². The van der Waals surface area contributed by atoms with Crippen molar-refractivity contribution in [3.63, 3.8) is 0 Å². The minimum Gasteiger partial charge on any atom is -0.337 e. The average Bonchev–Trinajstić information content (AvgIpc) is 2.82. The number of nitrogens with one attached hydrogen (secondary N) is 1. The number of hydrogen-bond donors (Lipinski definition) is 1. The van der Waals surface area contributed by atoms with Crippen molar-refractivity contribution < 1.29 is 13.2 Å². The third kappa shape index (κ3) is 5.09. The van der Waals surface area contributed by atoms with Crippen molar-refractivity contribution in [2.24, 2.45) is 0 Å². The first-order valence-corrected chi connectivity index (χ1v) is 12.3. The van der Waals surface area contributed by atoms with Crippen LogP contribution in [0.3, 0.4) is 0 Å². The Morgan fingerprint density at radius 1 is 0.970 bits per heavy atom. The van der Waals surface area contributed by atoms with E-state index in [0.717, 1.165) is 11.1 Å². The van der Waals surface area contributed by atoms with Crippen molar-refractivity contribution in [1.82, 2.24) is 14.9 Å². The zero-order valence-corrected chi connectivity index (χ0v) is 19.9. The summed E-state index contributed by atoms with van der Waals surface area (Å²) in [5.41, 5.74) is 2.66. The Bertz CT molecular complexity index is 1280. The number of nitrogens with zero attached hydrogens (tertiary/aromatic N) is 4. The van der Waals surface area contributed by atoms with E-state index in [-0.39, 0.29) is 21.4 Å². The molecule has 2 heterocycles. The fourth-order valence-corrected chi connectivity index (χ4v) is 4.86. The molecule has 0 atom stereocenters. The molecule has 0 radical (unpaired) electrons. The number of aromatic nitrogens is 2. The zero-order valence-electron chi connectivity index (χ0n) is 18.3. The largest absolute Gasteiger partial charge is 0.337 e. The predicted octanol–water partition coefficient (Wildman–Crippen LogP) is 3.51. The summed E-state index contributed by atoms with van der Waals surface area (Å²) in [6.07, 6.45) is 3.36. The molecule has 172 valence electrons. The molecule has 1 saturated heterocycles. The first-order valence-electron chi connectivity index (χ1n) is 10.5. The van der Waals surface area contributed by atoms with Gasteiger partial charge in [0.15, 0.2) is 0 Å². The number of piperazine rings is 1. The zero-order chi connectivity index (χ0) is 23.6. The van der Waals surface area contributed by atoms with Crippen LogP contribution < -0.4 is 9.62 Å². The van der Waals surface area contributed by atoms with E-state index in [2.05, 4.69) is 14.7 Å². The molecule has 4 rings (SSSR count). The molecule has 0 spiro atoms. The highest BCUT2D eigenvalue weighted by Crippen LogP contribution is 2.25. The smallest absolute Gasteiger partial charge is 0.261 e. The number of halogens is 1. The molecule has 0 aliphatic carbocycles. The van der Waals surface area contributed by atoms with Crippen LogP contribution >= 0.6 is 11.6 Å². The van der Waals surface area contributed by atoms with E-state index >= 15 is 0 Å². The van der Waals surface area contributed by atoms with E-state index in [1.807, 2.05) is 24.8 Å². The van der Waals surface area contributed by atoms with Crippen molar-refractivity contribution in [2.75, 3.05) is 35.8 Å². The molecule has 0 unspecified atom stereocenters. The Morgan fingerprint density at radius 2 is 1.67 bits per heavy atom. The van der Waals surface area contributed by atoms with Crippen LogP contribution in [0.15, 0.2) is 59.8 Å². The summed E-state index contributed by atoms with van der Waals surface area (Å²) < 4.78 is 28.5. The van der Waals surface area contributed by atoms with Crippen molar-refractivity contribution in [2.45, 2.75) is 18.7 Å². The molecule has 10 heteroatoms. The van der Waals surface area contributed by atoms with Gasteiger partial charge in [-0.25, -0.2) is 18.4 Å². The highest BCUT2D eigenvalue weighted by Gasteiger charge is 2.26. The lowest BCUT2D eigenvalue weighted by molar-refractivity contribution is 0.0746. The highest BCUT2D eigenvalue weighted by molar-refractivity contribution is 7.92. The maximum atomic E-state index is 13.2. The van der Waals surface area contributed by atoms with Gasteiger partial charge in [-0.2, -0.15) is 0 Å². The van der Waals surface area contributed by atoms with Crippen LogP contribution in [0.2, 0.25) is 5.02 Å². The van der Waals surface area contributed by atoms with E-state index in [9.17, 15) is 13.2 Å². The van der Waals surface area contributed by atoms with Gasteiger partial charge in [-0.1, -0.05) is 17.7 Å². The first kappa shape index (κ1) is 23.0. The van der Waals surface area contributed by atoms with Gasteiger partial charge in [0.2, 0.25) is 5.95 Å². The lowest BCUT2D eigenvalue weighted by Crippen LogP contribution is -2.49. The van der Waals surface area contributed by atoms with Gasteiger partial charge in [0.25, 0.3) is 15.9 Å². The number of aryl methyl sites for hydroxylation is 2. The summed E-state index contributed by atoms with van der Waals surface area (Å²) >= 11 is 6.29. The van der Waals surface area contributed by atoms with Gasteiger partial charge >= 0.3 is 0 Å². The van der Waals surface area contributed by atoms with Crippen molar-refractivity contribution in [1.29, 1.82) is 0 Å². The number of sulfonamides is 1. The second-order valence-corrected chi connectivity index (χ2v) is 9.96. The van der Waals surface area contributed by atoms with Crippen molar-refractivity contribution in [3.05, 3.63) is 76.6 Å². The van der Waals surface area contributed by atoms with Crippen molar-refractivity contribution >= 4 is 39.2 Å². The van der Waals surface area contributed by atoms with E-state index in [1.165, 1.54) is 18.2 Å². The van der Waals surface area contributed by atoms with Gasteiger partial charge in [0, 0.05) is 44.3 Å². The molecule has 1 fully saturated rings. The number of hydrogen-bond acceptors (Lipinski definition) is 6. The molecule has 0 bridgehead atoms. The number of benzene rings is 2. The van der Waals surface area contributed by atoms with Crippen LogP contribution in [0.4, 0.5) is 11.6 Å². The molecule has 1 aliphatic heterocycles. The molecule has 1 aliphatic rings. The summed E-state index contributed by atoms with van der Waals surface area (Å²) in [5.74, 6) is 0.310. The Balaban J connectivity index is 1.51. The van der Waals surface area contributed by atoms with E-state index < -0.39 is 10.0 Å². The number of rotatable bonds is 5. The highest BCUT2D eigenvalue weighted by atomic mass is 35.5. The quantitative estimate of drug-likeness (QED) is 0.594. The molecular weight excluding hydrogens is 462 g/mol. The van der Waals surface area contributed by atoms with E-state index in [1.54, 1.807) is 35.5 Å². The Labute approximate surface area is 198 Å². The molecule has 2 aromatic carbocycles. The fourth-order valence-electron chi connectivity index (χ4n) is 3.59. The monoisotopic (exact) mass is 485 g/mol. The van der Waals surface area contributed by atoms with Gasteiger partial charge in [-0.15, -0.1) is 0 Å². The molecule has 1 aromatic heterocycles. The summed E-state index contributed by atoms with van der Waals surface area (Å²) in [5, 5.41) is 0.207. The van der Waals surface area contributed by atoms with Crippen LogP contribution in [-0.2, 0) is 10.0 Å². The predicted molar refractivity (Wildman–Crippen MR) is 128 cm³/mol. The van der Waals surface area contributed by atoms with Crippen molar-refractivity contribution in [3.8, 4) is 0 Å². The van der Waals surface area contributed by atoms with Crippen LogP contribution in [0.5, 0.6) is 0 Å². The van der Waals surface area contributed by atoms with Gasteiger partial charge in [-0.3, -0.25) is 9.52 Å². The Hall–Kier alpha value is -3.17. The lowest BCUT2D eigenvalue weighted by atomic mass is 10.1. The van der Waals surface area contributed by atoms with Crippen LogP contribution in [0.1, 0.15) is 21.5 Å². The topological polar surface area (TPSA) is 95.5 Å². The minimum atomic E-state index is -3.90. The number of anilines is 2. The summed E-state index contributed by atoms with van der Waals surface area (Å²) in [7, 11) is -3.90. The molecular formula is C23H24ClN5O3S. The first-order chi connectivity index (χ1) is 15.7. The van der Waals surface area contributed by atoms with Gasteiger partial charge in [0.05, 0.1) is 15.5 Å². The van der Waals surface area contributed by atoms with Crippen LogP contribution in [0.25, 0.3) is 0 Å². The number of carbonyl (C=O) groups excluding carboxylic acids is 1.